The highest BCUT2D eigenvalue weighted by molar-refractivity contribution is 6.10. The molecule has 1 N–H and O–H groups in total. The van der Waals surface area contributed by atoms with E-state index >= 15 is 0 Å². The molecule has 2 rings (SSSR count). The van der Waals surface area contributed by atoms with E-state index in [1.165, 1.54) is 0 Å². The number of fused-ring (bicyclic) bond motifs is 1. The first-order valence-corrected chi connectivity index (χ1v) is 5.00. The topological polar surface area (TPSA) is 89.0 Å². The highest BCUT2D eigenvalue weighted by Crippen LogP contribution is 2.23. The Morgan fingerprint density at radius 2 is 1.94 bits per heavy atom. The van der Waals surface area contributed by atoms with Crippen molar-refractivity contribution >= 4 is 17.2 Å². The molecule has 1 aromatic rings. The molecule has 1 aromatic carbocycles. The summed E-state index contributed by atoms with van der Waals surface area (Å²) < 4.78 is 0. The van der Waals surface area contributed by atoms with Gasteiger partial charge in [0.25, 0.3) is 0 Å². The Labute approximate surface area is 98.0 Å². The highest BCUT2D eigenvalue weighted by Gasteiger charge is 2.17. The lowest BCUT2D eigenvalue weighted by Gasteiger charge is -2.02. The fourth-order valence-corrected chi connectivity index (χ4v) is 1.72. The van der Waals surface area contributed by atoms with Crippen LogP contribution in [0.4, 0.5) is 5.69 Å². The summed E-state index contributed by atoms with van der Waals surface area (Å²) in [7, 11) is 0. The average Bonchev–Trinajstić information content (AvgIpc) is 2.69. The largest absolute Gasteiger partial charge is 0.299 e. The van der Waals surface area contributed by atoms with Crippen LogP contribution in [-0.4, -0.2) is 11.5 Å². The molecule has 82 valence electrons. The number of anilines is 1. The van der Waals surface area contributed by atoms with Crippen LogP contribution in [0.2, 0.25) is 0 Å². The van der Waals surface area contributed by atoms with Crippen LogP contribution in [0.3, 0.4) is 0 Å². The van der Waals surface area contributed by atoms with Gasteiger partial charge in [-0.2, -0.15) is 15.6 Å². The number of carbonyl (C=O) groups excluding carboxylic acids is 1. The van der Waals surface area contributed by atoms with Crippen LogP contribution in [0, 0.1) is 22.7 Å². The third-order valence-corrected chi connectivity index (χ3v) is 2.49. The van der Waals surface area contributed by atoms with Gasteiger partial charge in [-0.3, -0.25) is 10.2 Å². The fourth-order valence-electron chi connectivity index (χ4n) is 1.72. The summed E-state index contributed by atoms with van der Waals surface area (Å²) in [5.74, 6) is 0.204. The van der Waals surface area contributed by atoms with E-state index < -0.39 is 0 Å². The minimum absolute atomic E-state index is 0.204. The van der Waals surface area contributed by atoms with Crippen LogP contribution in [0.1, 0.15) is 11.1 Å². The molecule has 1 aliphatic rings. The summed E-state index contributed by atoms with van der Waals surface area (Å²) in [6.07, 6.45) is 0.929. The first-order chi connectivity index (χ1) is 8.22. The number of nitrogens with zero attached hydrogens (tertiary/aromatic N) is 3. The van der Waals surface area contributed by atoms with Crippen molar-refractivity contribution in [2.24, 2.45) is 5.10 Å². The second kappa shape index (κ2) is 4.46. The molecule has 0 radical (unpaired) electrons. The van der Waals surface area contributed by atoms with Crippen molar-refractivity contribution in [3.63, 3.8) is 0 Å². The maximum Gasteiger partial charge on any atom is 0.237 e. The molecule has 0 amide bonds. The van der Waals surface area contributed by atoms with E-state index in [0.717, 1.165) is 11.1 Å². The Kier molecular flexibility index (Phi) is 2.85. The van der Waals surface area contributed by atoms with Gasteiger partial charge in [-0.15, -0.1) is 0 Å². The SMILES string of the molecule is N#CC(C#N)=NNc1ccc2c(c1)CC(=O)C2. The van der Waals surface area contributed by atoms with E-state index in [4.69, 9.17) is 10.5 Å². The van der Waals surface area contributed by atoms with E-state index in [-0.39, 0.29) is 11.5 Å². The molecule has 0 spiro atoms. The van der Waals surface area contributed by atoms with E-state index in [9.17, 15) is 4.79 Å². The molecule has 0 unspecified atom stereocenters. The van der Waals surface area contributed by atoms with Gasteiger partial charge in [-0.25, -0.2) is 0 Å². The van der Waals surface area contributed by atoms with Crippen molar-refractivity contribution in [2.75, 3.05) is 5.43 Å². The number of hydrogen-bond acceptors (Lipinski definition) is 5. The Bertz CT molecular complexity index is 574. The number of hydrazone groups is 1. The normalized spacial score (nSPS) is 12.2. The van der Waals surface area contributed by atoms with Gasteiger partial charge in [0.2, 0.25) is 5.71 Å². The molecule has 0 saturated heterocycles. The van der Waals surface area contributed by atoms with Crippen molar-refractivity contribution in [3.8, 4) is 12.1 Å². The predicted molar refractivity (Wildman–Crippen MR) is 61.1 cm³/mol. The molecule has 0 fully saturated rings. The molecule has 1 aliphatic carbocycles. The maximum absolute atomic E-state index is 11.2. The first kappa shape index (κ1) is 10.8. The summed E-state index contributed by atoms with van der Waals surface area (Å²) in [6.45, 7) is 0. The molecule has 0 bridgehead atoms. The van der Waals surface area contributed by atoms with Crippen molar-refractivity contribution in [1.82, 2.24) is 0 Å². The van der Waals surface area contributed by atoms with Crippen molar-refractivity contribution in [1.29, 1.82) is 10.5 Å². The number of nitriles is 2. The van der Waals surface area contributed by atoms with Gasteiger partial charge in [0, 0.05) is 12.8 Å². The van der Waals surface area contributed by atoms with E-state index in [1.54, 1.807) is 18.2 Å². The Hall–Kier alpha value is -2.66. The average molecular weight is 224 g/mol. The van der Waals surface area contributed by atoms with Crippen LogP contribution in [-0.2, 0) is 17.6 Å². The third kappa shape index (κ3) is 2.30. The summed E-state index contributed by atoms with van der Waals surface area (Å²) in [6, 6.07) is 8.75. The van der Waals surface area contributed by atoms with E-state index in [2.05, 4.69) is 10.5 Å². The van der Waals surface area contributed by atoms with Crippen LogP contribution in [0.25, 0.3) is 0 Å². The quantitative estimate of drug-likeness (QED) is 0.603. The van der Waals surface area contributed by atoms with Gasteiger partial charge in [-0.1, -0.05) is 6.07 Å². The molecule has 0 aromatic heterocycles. The van der Waals surface area contributed by atoms with Crippen LogP contribution >= 0.6 is 0 Å². The lowest BCUT2D eigenvalue weighted by molar-refractivity contribution is -0.117. The van der Waals surface area contributed by atoms with Crippen molar-refractivity contribution in [3.05, 3.63) is 29.3 Å². The lowest BCUT2D eigenvalue weighted by atomic mass is 10.1. The molecular weight excluding hydrogens is 216 g/mol. The van der Waals surface area contributed by atoms with Crippen molar-refractivity contribution in [2.45, 2.75) is 12.8 Å². The molecule has 5 nitrogen and oxygen atoms in total. The number of nitrogens with one attached hydrogen (secondary N) is 1. The lowest BCUT2D eigenvalue weighted by Crippen LogP contribution is -1.97. The standard InChI is InChI=1S/C12H8N4O/c13-6-11(7-14)16-15-10-2-1-8-4-12(17)5-9(8)3-10/h1-3,15H,4-5H2. The number of ketones is 1. The Morgan fingerprint density at radius 1 is 1.24 bits per heavy atom. The second-order valence-electron chi connectivity index (χ2n) is 3.67. The Balaban J connectivity index is 2.18. The summed E-state index contributed by atoms with van der Waals surface area (Å²) in [5, 5.41) is 20.6. The van der Waals surface area contributed by atoms with Gasteiger partial charge >= 0.3 is 0 Å². The van der Waals surface area contributed by atoms with E-state index in [1.807, 2.05) is 12.1 Å². The number of Topliss-reactive ketones (excluding diaryl/α,β-unsaturated/α-hetero) is 1. The zero-order valence-electron chi connectivity index (χ0n) is 8.90. The van der Waals surface area contributed by atoms with Crippen LogP contribution < -0.4 is 5.43 Å². The van der Waals surface area contributed by atoms with Gasteiger partial charge in [0.15, 0.2) is 0 Å². The molecule has 0 aliphatic heterocycles. The van der Waals surface area contributed by atoms with Gasteiger partial charge < -0.3 is 0 Å². The zero-order valence-corrected chi connectivity index (χ0v) is 8.90. The first-order valence-electron chi connectivity index (χ1n) is 5.00. The van der Waals surface area contributed by atoms with Crippen molar-refractivity contribution < 1.29 is 4.79 Å². The number of carbonyl (C=O) groups is 1. The monoisotopic (exact) mass is 224 g/mol. The minimum Gasteiger partial charge on any atom is -0.299 e. The second-order valence-corrected chi connectivity index (χ2v) is 3.67. The maximum atomic E-state index is 11.2. The molecule has 0 saturated carbocycles. The molecule has 0 heterocycles. The van der Waals surface area contributed by atoms with Crippen LogP contribution in [0.5, 0.6) is 0 Å². The molecular formula is C12H8N4O. The van der Waals surface area contributed by atoms with Crippen LogP contribution in [0.15, 0.2) is 23.3 Å². The molecule has 0 atom stereocenters. The van der Waals surface area contributed by atoms with E-state index in [0.29, 0.717) is 18.5 Å². The molecule has 17 heavy (non-hydrogen) atoms. The molecule has 5 heteroatoms. The Morgan fingerprint density at radius 3 is 2.65 bits per heavy atom. The number of rotatable bonds is 2. The fraction of sp³-hybridized carbons (Fsp3) is 0.167. The summed E-state index contributed by atoms with van der Waals surface area (Å²) >= 11 is 0. The van der Waals surface area contributed by atoms with Gasteiger partial charge in [0.1, 0.15) is 17.9 Å². The number of benzene rings is 1. The van der Waals surface area contributed by atoms with Gasteiger partial charge in [-0.05, 0) is 23.3 Å². The highest BCUT2D eigenvalue weighted by atomic mass is 16.1. The summed E-state index contributed by atoms with van der Waals surface area (Å²) in [4.78, 5) is 11.2. The summed E-state index contributed by atoms with van der Waals surface area (Å²) in [5.41, 5.74) is 5.07. The number of hydrogen-bond donors (Lipinski definition) is 1. The zero-order chi connectivity index (χ0) is 12.3. The van der Waals surface area contributed by atoms with Gasteiger partial charge in [0.05, 0.1) is 5.69 Å². The third-order valence-electron chi connectivity index (χ3n) is 2.49. The minimum atomic E-state index is -0.235. The predicted octanol–water partition coefficient (Wildman–Crippen LogP) is 1.17. The smallest absolute Gasteiger partial charge is 0.237 e.